The van der Waals surface area contributed by atoms with Crippen molar-refractivity contribution in [3.05, 3.63) is 56.2 Å². The van der Waals surface area contributed by atoms with Crippen molar-refractivity contribution < 1.29 is 23.9 Å². The van der Waals surface area contributed by atoms with Crippen LogP contribution in [0.5, 0.6) is 5.75 Å². The molecule has 0 aliphatic heterocycles. The maximum Gasteiger partial charge on any atom is 0.344 e. The lowest BCUT2D eigenvalue weighted by molar-refractivity contribution is -0.144. The van der Waals surface area contributed by atoms with E-state index in [1.165, 1.54) is 31.3 Å². The zero-order valence-corrected chi connectivity index (χ0v) is 16.9. The molecule has 0 spiro atoms. The monoisotopic (exact) mass is 417 g/mol. The number of hydrogen-bond acceptors (Lipinski definition) is 8. The van der Waals surface area contributed by atoms with Gasteiger partial charge in [-0.1, -0.05) is 13.8 Å². The predicted molar refractivity (Wildman–Crippen MR) is 108 cm³/mol. The molecule has 0 radical (unpaired) electrons. The lowest BCUT2D eigenvalue weighted by Crippen LogP contribution is -2.43. The number of aromatic nitrogens is 2. The van der Waals surface area contributed by atoms with Gasteiger partial charge in [-0.15, -0.1) is 0 Å². The zero-order valence-electron chi connectivity index (χ0n) is 16.9. The van der Waals surface area contributed by atoms with Gasteiger partial charge in [-0.2, -0.15) is 0 Å². The van der Waals surface area contributed by atoms with Crippen LogP contribution in [-0.4, -0.2) is 40.4 Å². The van der Waals surface area contributed by atoms with Gasteiger partial charge in [-0.25, -0.2) is 9.59 Å². The first-order valence-electron chi connectivity index (χ1n) is 9.11. The van der Waals surface area contributed by atoms with Gasteiger partial charge < -0.3 is 15.2 Å². The summed E-state index contributed by atoms with van der Waals surface area (Å²) in [5.41, 5.74) is 4.47. The van der Waals surface area contributed by atoms with Gasteiger partial charge in [0, 0.05) is 19.2 Å². The number of ketones is 1. The Balaban J connectivity index is 2.07. The molecule has 1 aromatic heterocycles. The second kappa shape index (κ2) is 9.68. The Morgan fingerprint density at radius 2 is 1.77 bits per heavy atom. The molecular formula is C20H23N3O7. The molecule has 160 valence electrons. The molecule has 10 nitrogen and oxygen atoms in total. The number of rotatable bonds is 9. The first-order valence-corrected chi connectivity index (χ1v) is 9.11. The van der Waals surface area contributed by atoms with Crippen LogP contribution in [0.25, 0.3) is 0 Å². The van der Waals surface area contributed by atoms with Crippen molar-refractivity contribution in [3.63, 3.8) is 0 Å². The fraction of sp³-hybridized carbons (Fsp3) is 0.350. The number of Topliss-reactive ketones (excluding diaryl/α,β-unsaturated/α-hetero) is 1. The summed E-state index contributed by atoms with van der Waals surface area (Å²) in [6.45, 7) is 2.72. The molecule has 1 heterocycles. The Bertz CT molecular complexity index is 1070. The van der Waals surface area contributed by atoms with Crippen molar-refractivity contribution in [2.45, 2.75) is 20.4 Å². The molecule has 0 aliphatic rings. The number of nitrogen functional groups attached to an aromatic ring is 1. The number of hydrogen-bond donors (Lipinski definition) is 1. The average Bonchev–Trinajstić information content (AvgIpc) is 2.72. The molecule has 0 aliphatic carbocycles. The van der Waals surface area contributed by atoms with E-state index < -0.39 is 41.8 Å². The second-order valence-corrected chi connectivity index (χ2v) is 6.97. The maximum absolute atomic E-state index is 12.5. The summed E-state index contributed by atoms with van der Waals surface area (Å²) in [4.78, 5) is 59.6. The molecule has 30 heavy (non-hydrogen) atoms. The van der Waals surface area contributed by atoms with Gasteiger partial charge >= 0.3 is 11.7 Å². The fourth-order valence-electron chi connectivity index (χ4n) is 2.63. The van der Waals surface area contributed by atoms with Crippen molar-refractivity contribution in [2.75, 3.05) is 18.9 Å². The first kappa shape index (κ1) is 22.6. The zero-order chi connectivity index (χ0) is 22.4. The van der Waals surface area contributed by atoms with Crippen molar-refractivity contribution in [1.82, 2.24) is 9.13 Å². The number of anilines is 1. The lowest BCUT2D eigenvalue weighted by atomic mass is 10.1. The standard InChI is InChI=1S/C20H23N3O7/c1-12(2)8-23-18(21)17(19(27)22(3)20(23)28)15(25)10-30-16(26)11-29-14-6-4-13(9-24)5-7-14/h4-7,9,12H,8,10-11,21H2,1-3H3. The number of nitrogens with two attached hydrogens (primary N) is 1. The average molecular weight is 417 g/mol. The Labute approximate surface area is 171 Å². The van der Waals surface area contributed by atoms with E-state index in [1.807, 2.05) is 13.8 Å². The van der Waals surface area contributed by atoms with Gasteiger partial charge in [0.05, 0.1) is 0 Å². The summed E-state index contributed by atoms with van der Waals surface area (Å²) in [6, 6.07) is 6.04. The van der Waals surface area contributed by atoms with Gasteiger partial charge in [0.25, 0.3) is 5.56 Å². The summed E-state index contributed by atoms with van der Waals surface area (Å²) in [6.07, 6.45) is 0.671. The van der Waals surface area contributed by atoms with Gasteiger partial charge in [0.15, 0.2) is 13.2 Å². The number of nitrogens with zero attached hydrogens (tertiary/aromatic N) is 2. The van der Waals surface area contributed by atoms with Crippen LogP contribution in [-0.2, 0) is 23.1 Å². The number of benzene rings is 1. The summed E-state index contributed by atoms with van der Waals surface area (Å²) < 4.78 is 12.0. The Kier molecular flexibility index (Phi) is 7.29. The highest BCUT2D eigenvalue weighted by atomic mass is 16.6. The molecule has 2 aromatic rings. The molecule has 2 N–H and O–H groups in total. The van der Waals surface area contributed by atoms with Crippen LogP contribution in [0.3, 0.4) is 0 Å². The Hall–Kier alpha value is -3.69. The number of carbonyl (C=O) groups excluding carboxylic acids is 3. The molecule has 0 fully saturated rings. The molecule has 0 saturated carbocycles. The Morgan fingerprint density at radius 1 is 1.13 bits per heavy atom. The van der Waals surface area contributed by atoms with Crippen LogP contribution in [0.15, 0.2) is 33.9 Å². The molecular weight excluding hydrogens is 394 g/mol. The van der Waals surface area contributed by atoms with E-state index in [2.05, 4.69) is 0 Å². The third-order valence-corrected chi connectivity index (χ3v) is 4.15. The quantitative estimate of drug-likeness (QED) is 0.351. The van der Waals surface area contributed by atoms with Crippen LogP contribution in [0, 0.1) is 5.92 Å². The largest absolute Gasteiger partial charge is 0.482 e. The van der Waals surface area contributed by atoms with Gasteiger partial charge in [-0.3, -0.25) is 23.5 Å². The van der Waals surface area contributed by atoms with Crippen molar-refractivity contribution in [3.8, 4) is 5.75 Å². The minimum absolute atomic E-state index is 0.0426. The lowest BCUT2D eigenvalue weighted by Gasteiger charge is -2.16. The third-order valence-electron chi connectivity index (χ3n) is 4.15. The SMILES string of the molecule is CC(C)Cn1c(N)c(C(=O)COC(=O)COc2ccc(C=O)cc2)c(=O)n(C)c1=O. The minimum Gasteiger partial charge on any atom is -0.482 e. The van der Waals surface area contributed by atoms with Gasteiger partial charge in [0.2, 0.25) is 5.78 Å². The van der Waals surface area contributed by atoms with E-state index in [0.29, 0.717) is 17.6 Å². The fourth-order valence-corrected chi connectivity index (χ4v) is 2.63. The molecule has 0 atom stereocenters. The van der Waals surface area contributed by atoms with Crippen molar-refractivity contribution in [1.29, 1.82) is 0 Å². The van der Waals surface area contributed by atoms with Gasteiger partial charge in [0.1, 0.15) is 23.4 Å². The number of aldehydes is 1. The third kappa shape index (κ3) is 5.22. The van der Waals surface area contributed by atoms with Crippen molar-refractivity contribution in [2.24, 2.45) is 13.0 Å². The highest BCUT2D eigenvalue weighted by Crippen LogP contribution is 2.11. The van der Waals surface area contributed by atoms with E-state index in [9.17, 15) is 24.0 Å². The van der Waals surface area contributed by atoms with E-state index in [-0.39, 0.29) is 18.3 Å². The van der Waals surface area contributed by atoms with Crippen LogP contribution >= 0.6 is 0 Å². The molecule has 0 unspecified atom stereocenters. The van der Waals surface area contributed by atoms with E-state index in [1.54, 1.807) is 0 Å². The molecule has 10 heteroatoms. The van der Waals surface area contributed by atoms with E-state index in [4.69, 9.17) is 15.2 Å². The normalized spacial score (nSPS) is 10.7. The molecule has 0 saturated heterocycles. The maximum atomic E-state index is 12.5. The summed E-state index contributed by atoms with van der Waals surface area (Å²) in [7, 11) is 1.24. The summed E-state index contributed by atoms with van der Waals surface area (Å²) in [5.74, 6) is -1.55. The van der Waals surface area contributed by atoms with Crippen LogP contribution in [0.2, 0.25) is 0 Å². The smallest absolute Gasteiger partial charge is 0.344 e. The summed E-state index contributed by atoms with van der Waals surface area (Å²) >= 11 is 0. The molecule has 0 bridgehead atoms. The highest BCUT2D eigenvalue weighted by Gasteiger charge is 2.23. The highest BCUT2D eigenvalue weighted by molar-refractivity contribution is 6.01. The molecule has 1 aromatic carbocycles. The Morgan fingerprint density at radius 3 is 2.33 bits per heavy atom. The number of esters is 1. The van der Waals surface area contributed by atoms with E-state index >= 15 is 0 Å². The minimum atomic E-state index is -0.856. The van der Waals surface area contributed by atoms with Crippen molar-refractivity contribution >= 4 is 23.9 Å². The topological polar surface area (TPSA) is 140 Å². The molecule has 2 rings (SSSR count). The molecule has 0 amide bonds. The van der Waals surface area contributed by atoms with E-state index in [0.717, 1.165) is 9.13 Å². The van der Waals surface area contributed by atoms with Gasteiger partial charge in [-0.05, 0) is 30.2 Å². The number of ether oxygens (including phenoxy) is 2. The first-order chi connectivity index (χ1) is 14.1. The van der Waals surface area contributed by atoms with Crippen LogP contribution in [0.1, 0.15) is 34.6 Å². The van der Waals surface area contributed by atoms with Crippen LogP contribution in [0.4, 0.5) is 5.82 Å². The second-order valence-electron chi connectivity index (χ2n) is 6.97. The van der Waals surface area contributed by atoms with Crippen LogP contribution < -0.4 is 21.7 Å². The predicted octanol–water partition coefficient (Wildman–Crippen LogP) is 0.403. The summed E-state index contributed by atoms with van der Waals surface area (Å²) in [5, 5.41) is 0. The number of carbonyl (C=O) groups is 3.